The van der Waals surface area contributed by atoms with Gasteiger partial charge in [0.25, 0.3) is 0 Å². The molecule has 7 rings (SSSR count). The number of H-pyrrole nitrogens is 1. The number of likely N-dealkylation sites (tertiary alicyclic amines) is 2. The van der Waals surface area contributed by atoms with Gasteiger partial charge < -0.3 is 9.88 Å². The van der Waals surface area contributed by atoms with E-state index in [1.165, 1.54) is 5.56 Å². The maximum Gasteiger partial charge on any atom is 0.233 e. The van der Waals surface area contributed by atoms with Crippen LogP contribution in [0, 0.1) is 0 Å². The lowest BCUT2D eigenvalue weighted by atomic mass is 9.92. The third-order valence-electron chi connectivity index (χ3n) is 8.25. The predicted molar refractivity (Wildman–Crippen MR) is 133 cm³/mol. The summed E-state index contributed by atoms with van der Waals surface area (Å²) in [7, 11) is 0. The van der Waals surface area contributed by atoms with Crippen molar-refractivity contribution in [2.24, 2.45) is 0 Å². The Kier molecular flexibility index (Phi) is 4.77. The van der Waals surface area contributed by atoms with Crippen LogP contribution in [0.1, 0.15) is 37.3 Å². The molecule has 1 N–H and O–H groups in total. The van der Waals surface area contributed by atoms with Crippen molar-refractivity contribution in [1.29, 1.82) is 0 Å². The molecule has 1 aromatic carbocycles. The second-order valence-electron chi connectivity index (χ2n) is 10.3. The molecular weight excluding hydrogens is 438 g/mol. The Balaban J connectivity index is 0.956. The Morgan fingerprint density at radius 1 is 1.00 bits per heavy atom. The van der Waals surface area contributed by atoms with Crippen molar-refractivity contribution in [3.8, 4) is 11.3 Å². The van der Waals surface area contributed by atoms with Crippen molar-refractivity contribution < 1.29 is 4.79 Å². The SMILES string of the molecule is O=C(N1CCC(N2CC(n3cc(-c4ncnc5[nH]ccc45)cn3)C2)CC1)C1(c2ccccc2)CC1. The van der Waals surface area contributed by atoms with Crippen LogP contribution in [0.5, 0.6) is 0 Å². The third-order valence-corrected chi connectivity index (χ3v) is 8.25. The molecule has 1 aliphatic carbocycles. The average Bonchev–Trinajstić information content (AvgIpc) is 3.30. The van der Waals surface area contributed by atoms with Crippen LogP contribution in [0.3, 0.4) is 0 Å². The lowest BCUT2D eigenvalue weighted by molar-refractivity contribution is -0.136. The molecule has 0 radical (unpaired) electrons. The van der Waals surface area contributed by atoms with Crippen LogP contribution in [-0.4, -0.2) is 72.7 Å². The van der Waals surface area contributed by atoms with Gasteiger partial charge in [-0.1, -0.05) is 30.3 Å². The van der Waals surface area contributed by atoms with Gasteiger partial charge in [-0.15, -0.1) is 0 Å². The van der Waals surface area contributed by atoms with Crippen LogP contribution in [-0.2, 0) is 10.2 Å². The van der Waals surface area contributed by atoms with Gasteiger partial charge in [0, 0.05) is 55.6 Å². The number of benzene rings is 1. The second kappa shape index (κ2) is 8.02. The number of piperidine rings is 1. The predicted octanol–water partition coefficient (Wildman–Crippen LogP) is 3.40. The first kappa shape index (κ1) is 20.8. The number of fused-ring (bicyclic) bond motifs is 1. The summed E-state index contributed by atoms with van der Waals surface area (Å²) in [5, 5.41) is 5.67. The topological polar surface area (TPSA) is 82.9 Å². The highest BCUT2D eigenvalue weighted by atomic mass is 16.2. The third kappa shape index (κ3) is 3.46. The lowest BCUT2D eigenvalue weighted by Crippen LogP contribution is -2.56. The number of amides is 1. The molecule has 2 aliphatic heterocycles. The molecule has 5 heterocycles. The fourth-order valence-electron chi connectivity index (χ4n) is 5.96. The van der Waals surface area contributed by atoms with E-state index >= 15 is 0 Å². The number of carbonyl (C=O) groups is 1. The van der Waals surface area contributed by atoms with Crippen LogP contribution in [0.15, 0.2) is 61.3 Å². The highest BCUT2D eigenvalue weighted by Crippen LogP contribution is 2.50. The van der Waals surface area contributed by atoms with E-state index in [1.807, 2.05) is 36.7 Å². The van der Waals surface area contributed by atoms with Crippen molar-refractivity contribution in [3.05, 3.63) is 66.9 Å². The van der Waals surface area contributed by atoms with E-state index < -0.39 is 0 Å². The molecule has 8 heteroatoms. The Labute approximate surface area is 204 Å². The fourth-order valence-corrected chi connectivity index (χ4v) is 5.96. The van der Waals surface area contributed by atoms with Crippen LogP contribution in [0.2, 0.25) is 0 Å². The summed E-state index contributed by atoms with van der Waals surface area (Å²) in [4.78, 5) is 30.0. The van der Waals surface area contributed by atoms with Gasteiger partial charge in [0.05, 0.1) is 23.3 Å². The van der Waals surface area contributed by atoms with Crippen molar-refractivity contribution in [2.45, 2.75) is 43.2 Å². The van der Waals surface area contributed by atoms with Crippen LogP contribution in [0.25, 0.3) is 22.3 Å². The molecule has 2 saturated heterocycles. The van der Waals surface area contributed by atoms with Gasteiger partial charge >= 0.3 is 0 Å². The minimum atomic E-state index is -0.247. The molecule has 8 nitrogen and oxygen atoms in total. The molecule has 35 heavy (non-hydrogen) atoms. The monoisotopic (exact) mass is 467 g/mol. The molecule has 0 bridgehead atoms. The van der Waals surface area contributed by atoms with E-state index in [4.69, 9.17) is 0 Å². The first-order chi connectivity index (χ1) is 17.2. The zero-order chi connectivity index (χ0) is 23.4. The van der Waals surface area contributed by atoms with Gasteiger partial charge in [-0.25, -0.2) is 9.97 Å². The number of hydrogen-bond acceptors (Lipinski definition) is 5. The van der Waals surface area contributed by atoms with Gasteiger partial charge in [0.1, 0.15) is 12.0 Å². The van der Waals surface area contributed by atoms with Gasteiger partial charge in [-0.05, 0) is 37.3 Å². The molecule has 1 saturated carbocycles. The molecule has 1 amide bonds. The van der Waals surface area contributed by atoms with Crippen molar-refractivity contribution >= 4 is 16.9 Å². The van der Waals surface area contributed by atoms with Gasteiger partial charge in [-0.3, -0.25) is 14.4 Å². The molecule has 0 atom stereocenters. The summed E-state index contributed by atoms with van der Waals surface area (Å²) < 4.78 is 2.09. The number of nitrogens with one attached hydrogen (secondary N) is 1. The molecular formula is C27H29N7O. The van der Waals surface area contributed by atoms with E-state index in [2.05, 4.69) is 52.9 Å². The van der Waals surface area contributed by atoms with Crippen molar-refractivity contribution in [1.82, 2.24) is 34.5 Å². The molecule has 3 fully saturated rings. The number of carbonyl (C=O) groups excluding carboxylic acids is 1. The minimum Gasteiger partial charge on any atom is -0.346 e. The summed E-state index contributed by atoms with van der Waals surface area (Å²) >= 11 is 0. The number of aromatic nitrogens is 5. The number of aromatic amines is 1. The molecule has 3 aliphatic rings. The number of nitrogens with zero attached hydrogens (tertiary/aromatic N) is 6. The summed E-state index contributed by atoms with van der Waals surface area (Å²) in [6.07, 6.45) is 11.6. The number of hydrogen-bond donors (Lipinski definition) is 1. The fraction of sp³-hybridized carbons (Fsp3) is 0.407. The zero-order valence-corrected chi connectivity index (χ0v) is 19.7. The van der Waals surface area contributed by atoms with E-state index in [0.29, 0.717) is 18.0 Å². The van der Waals surface area contributed by atoms with Crippen molar-refractivity contribution in [2.75, 3.05) is 26.2 Å². The highest BCUT2D eigenvalue weighted by molar-refractivity contribution is 5.91. The summed E-state index contributed by atoms with van der Waals surface area (Å²) in [6, 6.07) is 13.3. The van der Waals surface area contributed by atoms with Crippen LogP contribution < -0.4 is 0 Å². The summed E-state index contributed by atoms with van der Waals surface area (Å²) in [6.45, 7) is 3.76. The Bertz CT molecular complexity index is 1360. The van der Waals surface area contributed by atoms with Gasteiger partial charge in [0.15, 0.2) is 0 Å². The highest BCUT2D eigenvalue weighted by Gasteiger charge is 2.53. The smallest absolute Gasteiger partial charge is 0.233 e. The first-order valence-electron chi connectivity index (χ1n) is 12.6. The maximum atomic E-state index is 13.4. The number of rotatable bonds is 5. The molecule has 4 aromatic rings. The normalized spacial score (nSPS) is 20.7. The van der Waals surface area contributed by atoms with E-state index in [0.717, 1.165) is 74.2 Å². The Morgan fingerprint density at radius 3 is 2.57 bits per heavy atom. The van der Waals surface area contributed by atoms with Gasteiger partial charge in [0.2, 0.25) is 5.91 Å². The first-order valence-corrected chi connectivity index (χ1v) is 12.6. The Morgan fingerprint density at radius 2 is 1.80 bits per heavy atom. The van der Waals surface area contributed by atoms with Gasteiger partial charge in [-0.2, -0.15) is 5.10 Å². The standard InChI is InChI=1S/C27H29N7O/c35-26(27(9-10-27)20-4-2-1-3-5-20)32-12-7-21(8-13-32)33-16-22(17-33)34-15-19(14-31-34)24-23-6-11-28-25(23)30-18-29-24/h1-6,11,14-15,18,21-22H,7-10,12-13,16-17H2,(H,28,29,30). The van der Waals surface area contributed by atoms with Crippen LogP contribution in [0.4, 0.5) is 0 Å². The van der Waals surface area contributed by atoms with E-state index in [-0.39, 0.29) is 5.41 Å². The average molecular weight is 468 g/mol. The van der Waals surface area contributed by atoms with Crippen LogP contribution >= 0.6 is 0 Å². The van der Waals surface area contributed by atoms with Crippen molar-refractivity contribution in [3.63, 3.8) is 0 Å². The summed E-state index contributed by atoms with van der Waals surface area (Å²) in [5.41, 5.74) is 3.73. The summed E-state index contributed by atoms with van der Waals surface area (Å²) in [5.74, 6) is 0.342. The molecule has 3 aromatic heterocycles. The zero-order valence-electron chi connectivity index (χ0n) is 19.7. The minimum absolute atomic E-state index is 0.247. The lowest BCUT2D eigenvalue weighted by Gasteiger charge is -2.47. The molecule has 0 unspecified atom stereocenters. The van der Waals surface area contributed by atoms with E-state index in [1.54, 1.807) is 6.33 Å². The molecule has 178 valence electrons. The molecule has 0 spiro atoms. The van der Waals surface area contributed by atoms with E-state index in [9.17, 15) is 4.79 Å². The Hall–Kier alpha value is -3.52. The largest absolute Gasteiger partial charge is 0.346 e. The second-order valence-corrected chi connectivity index (χ2v) is 10.3. The quantitative estimate of drug-likeness (QED) is 0.486. The maximum absolute atomic E-state index is 13.4.